The van der Waals surface area contributed by atoms with Crippen molar-refractivity contribution in [1.29, 1.82) is 0 Å². The van der Waals surface area contributed by atoms with Crippen LogP contribution in [0.5, 0.6) is 0 Å². The van der Waals surface area contributed by atoms with E-state index in [0.29, 0.717) is 0 Å². The van der Waals surface area contributed by atoms with Gasteiger partial charge < -0.3 is 4.42 Å². The van der Waals surface area contributed by atoms with Crippen molar-refractivity contribution in [2.75, 3.05) is 0 Å². The van der Waals surface area contributed by atoms with Gasteiger partial charge in [0.05, 0.1) is 22.9 Å². The Labute approximate surface area is 213 Å². The molecule has 2 aromatic heterocycles. The molecule has 0 bridgehead atoms. The van der Waals surface area contributed by atoms with E-state index >= 15 is 0 Å². The lowest BCUT2D eigenvalue weighted by Crippen LogP contribution is -1.92. The Hall–Kier alpha value is -4.76. The van der Waals surface area contributed by atoms with Crippen LogP contribution in [-0.4, -0.2) is 9.97 Å². The predicted molar refractivity (Wildman–Crippen MR) is 153 cm³/mol. The highest BCUT2D eigenvalue weighted by Crippen LogP contribution is 2.38. The first-order valence-electron chi connectivity index (χ1n) is 12.7. The van der Waals surface area contributed by atoms with Gasteiger partial charge in [0.25, 0.3) is 0 Å². The number of rotatable bonds is 2. The second-order valence-corrected chi connectivity index (χ2v) is 9.69. The predicted octanol–water partition coefficient (Wildman–Crippen LogP) is 8.98. The van der Waals surface area contributed by atoms with Gasteiger partial charge in [-0.2, -0.15) is 0 Å². The first-order chi connectivity index (χ1) is 18.3. The molecule has 37 heavy (non-hydrogen) atoms. The van der Waals surface area contributed by atoms with E-state index in [1.54, 1.807) is 0 Å². The molecule has 0 atom stereocenters. The molecule has 0 radical (unpaired) electrons. The van der Waals surface area contributed by atoms with Crippen molar-refractivity contribution in [2.45, 2.75) is 12.8 Å². The van der Waals surface area contributed by atoms with Crippen LogP contribution in [0.2, 0.25) is 0 Å². The van der Waals surface area contributed by atoms with Crippen molar-refractivity contribution in [2.24, 2.45) is 0 Å². The van der Waals surface area contributed by atoms with E-state index in [-0.39, 0.29) is 0 Å². The maximum absolute atomic E-state index is 6.35. The van der Waals surface area contributed by atoms with Gasteiger partial charge in [-0.15, -0.1) is 0 Å². The number of para-hydroxylation sites is 1. The number of nitrogens with zero attached hydrogens (tertiary/aromatic N) is 2. The Morgan fingerprint density at radius 1 is 0.649 bits per heavy atom. The van der Waals surface area contributed by atoms with Crippen molar-refractivity contribution >= 4 is 49.6 Å². The van der Waals surface area contributed by atoms with Gasteiger partial charge in [-0.3, -0.25) is 4.98 Å². The summed E-state index contributed by atoms with van der Waals surface area (Å²) in [7, 11) is 0. The van der Waals surface area contributed by atoms with Crippen LogP contribution in [0.4, 0.5) is 0 Å². The number of hydrogen-bond donors (Lipinski definition) is 0. The molecule has 1 aliphatic rings. The van der Waals surface area contributed by atoms with Crippen molar-refractivity contribution in [1.82, 2.24) is 9.97 Å². The third kappa shape index (κ3) is 3.07. The molecule has 8 rings (SSSR count). The van der Waals surface area contributed by atoms with Crippen LogP contribution in [0.3, 0.4) is 0 Å². The quantitative estimate of drug-likeness (QED) is 0.235. The fourth-order valence-electron chi connectivity index (χ4n) is 5.83. The number of benzene rings is 5. The molecule has 5 aromatic carbocycles. The summed E-state index contributed by atoms with van der Waals surface area (Å²) < 4.78 is 6.35. The van der Waals surface area contributed by atoms with Gasteiger partial charge in [0, 0.05) is 32.8 Å². The van der Waals surface area contributed by atoms with E-state index in [0.717, 1.165) is 68.4 Å². The average molecular weight is 475 g/mol. The zero-order valence-corrected chi connectivity index (χ0v) is 20.1. The molecule has 0 N–H and O–H groups in total. The molecule has 3 nitrogen and oxygen atoms in total. The number of furan rings is 1. The fourth-order valence-corrected chi connectivity index (χ4v) is 5.83. The fraction of sp³-hybridized carbons (Fsp3) is 0.0588. The maximum atomic E-state index is 6.35. The minimum atomic E-state index is 0.864. The lowest BCUT2D eigenvalue weighted by Gasteiger charge is -2.11. The van der Waals surface area contributed by atoms with Crippen LogP contribution in [0.25, 0.3) is 72.0 Å². The first-order valence-corrected chi connectivity index (χ1v) is 12.7. The minimum absolute atomic E-state index is 0.864. The van der Waals surface area contributed by atoms with Crippen molar-refractivity contribution < 1.29 is 4.42 Å². The Bertz CT molecular complexity index is 2010. The summed E-state index contributed by atoms with van der Waals surface area (Å²) >= 11 is 0. The van der Waals surface area contributed by atoms with Crippen LogP contribution in [0.15, 0.2) is 108 Å². The number of hydrogen-bond acceptors (Lipinski definition) is 3. The molecule has 7 aromatic rings. The number of aromatic nitrogens is 2. The molecule has 0 aliphatic heterocycles. The molecule has 0 amide bonds. The van der Waals surface area contributed by atoms with E-state index in [9.17, 15) is 0 Å². The van der Waals surface area contributed by atoms with Crippen LogP contribution in [0, 0.1) is 0 Å². The summed E-state index contributed by atoms with van der Waals surface area (Å²) in [6, 6.07) is 31.9. The summed E-state index contributed by atoms with van der Waals surface area (Å²) in [6.07, 6.45) is 8.29. The van der Waals surface area contributed by atoms with Crippen molar-refractivity contribution in [3.63, 3.8) is 0 Å². The van der Waals surface area contributed by atoms with Gasteiger partial charge in [-0.1, -0.05) is 91.0 Å². The lowest BCUT2D eigenvalue weighted by molar-refractivity contribution is 0.596. The third-order valence-electron chi connectivity index (χ3n) is 7.58. The number of allylic oxidation sites excluding steroid dienone is 1. The Morgan fingerprint density at radius 2 is 1.35 bits per heavy atom. The second-order valence-electron chi connectivity index (χ2n) is 9.69. The summed E-state index contributed by atoms with van der Waals surface area (Å²) in [6.45, 7) is 0. The average Bonchev–Trinajstić information content (AvgIpc) is 3.36. The smallest absolute Gasteiger partial charge is 0.142 e. The molecule has 0 spiro atoms. The Kier molecular flexibility index (Phi) is 4.35. The van der Waals surface area contributed by atoms with Crippen LogP contribution in [0.1, 0.15) is 17.7 Å². The summed E-state index contributed by atoms with van der Waals surface area (Å²) in [5.41, 5.74) is 8.27. The third-order valence-corrected chi connectivity index (χ3v) is 7.58. The Morgan fingerprint density at radius 3 is 2.19 bits per heavy atom. The van der Waals surface area contributed by atoms with Gasteiger partial charge in [-0.05, 0) is 41.3 Å². The zero-order chi connectivity index (χ0) is 24.3. The number of fused-ring (bicyclic) bond motifs is 9. The first kappa shape index (κ1) is 20.4. The monoisotopic (exact) mass is 474 g/mol. The molecule has 0 saturated heterocycles. The maximum Gasteiger partial charge on any atom is 0.142 e. The highest BCUT2D eigenvalue weighted by atomic mass is 16.3. The molecule has 0 saturated carbocycles. The largest absolute Gasteiger partial charge is 0.456 e. The zero-order valence-electron chi connectivity index (χ0n) is 20.1. The Balaban J connectivity index is 1.32. The summed E-state index contributed by atoms with van der Waals surface area (Å²) in [5, 5.41) is 5.88. The van der Waals surface area contributed by atoms with E-state index in [1.165, 1.54) is 21.7 Å². The van der Waals surface area contributed by atoms with Gasteiger partial charge in [0.15, 0.2) is 0 Å². The number of aryl methyl sites for hydroxylation is 1. The molecule has 174 valence electrons. The molecular formula is C34H22N2O. The SMILES string of the molecule is C1=Cc2oc3c(-c4cccc(-c5cnc6c7ccccc7c7ccccc7c6n5)c4)cccc3c2CC1. The molecule has 2 heterocycles. The van der Waals surface area contributed by atoms with Gasteiger partial charge in [0.2, 0.25) is 0 Å². The topological polar surface area (TPSA) is 38.9 Å². The molecule has 1 aliphatic carbocycles. The molecule has 0 unspecified atom stereocenters. The van der Waals surface area contributed by atoms with Crippen LogP contribution >= 0.6 is 0 Å². The van der Waals surface area contributed by atoms with Gasteiger partial charge in [-0.25, -0.2) is 4.98 Å². The summed E-state index contributed by atoms with van der Waals surface area (Å²) in [5.74, 6) is 0.990. The van der Waals surface area contributed by atoms with E-state index in [4.69, 9.17) is 14.4 Å². The van der Waals surface area contributed by atoms with Gasteiger partial charge in [0.1, 0.15) is 11.3 Å². The summed E-state index contributed by atoms with van der Waals surface area (Å²) in [4.78, 5) is 10.1. The highest BCUT2D eigenvalue weighted by Gasteiger charge is 2.18. The van der Waals surface area contributed by atoms with Gasteiger partial charge >= 0.3 is 0 Å². The second kappa shape index (κ2) is 7.87. The highest BCUT2D eigenvalue weighted by molar-refractivity contribution is 6.23. The van der Waals surface area contributed by atoms with Crippen molar-refractivity contribution in [3.8, 4) is 22.4 Å². The van der Waals surface area contributed by atoms with E-state index in [2.05, 4.69) is 103 Å². The molecule has 3 heteroatoms. The standard InChI is InChI=1S/C34H22N2O/c1-3-14-27-24(11-1)25-12-2-4-15-28(25)33-32(27)35-20-30(36-33)22-10-7-9-21(19-22)23-16-8-17-29-26-13-5-6-18-31(26)37-34(23)29/h1-4,6-12,14-20H,5,13H2. The molecule has 0 fully saturated rings. The van der Waals surface area contributed by atoms with Crippen LogP contribution < -0.4 is 0 Å². The molecular weight excluding hydrogens is 452 g/mol. The van der Waals surface area contributed by atoms with Crippen molar-refractivity contribution in [3.05, 3.63) is 115 Å². The van der Waals surface area contributed by atoms with E-state index in [1.807, 2.05) is 6.20 Å². The normalized spacial score (nSPS) is 13.1. The van der Waals surface area contributed by atoms with E-state index < -0.39 is 0 Å². The minimum Gasteiger partial charge on any atom is -0.456 e. The lowest BCUT2D eigenvalue weighted by atomic mass is 9.96. The van der Waals surface area contributed by atoms with Crippen LogP contribution in [-0.2, 0) is 6.42 Å².